The molecule has 1 aromatic carbocycles. The molecule has 2 rings (SSSR count). The van der Waals surface area contributed by atoms with E-state index in [4.69, 9.17) is 9.84 Å². The Balaban J connectivity index is 1.92. The van der Waals surface area contributed by atoms with Gasteiger partial charge in [-0.15, -0.1) is 0 Å². The monoisotopic (exact) mass is 340 g/mol. The maximum absolute atomic E-state index is 14.4. The summed E-state index contributed by atoms with van der Waals surface area (Å²) in [5.74, 6) is -0.838. The van der Waals surface area contributed by atoms with Crippen LogP contribution in [0.3, 0.4) is 0 Å². The molecule has 0 aliphatic heterocycles. The van der Waals surface area contributed by atoms with Crippen molar-refractivity contribution in [3.8, 4) is 5.75 Å². The Kier molecular flexibility index (Phi) is 7.97. The second-order valence-electron chi connectivity index (χ2n) is 6.92. The Labute approximate surface area is 144 Å². The molecule has 2 nitrogen and oxygen atoms in total. The molecule has 1 saturated carbocycles. The minimum atomic E-state index is -0.893. The Morgan fingerprint density at radius 1 is 1.04 bits per heavy atom. The molecule has 1 fully saturated rings. The fourth-order valence-electron chi connectivity index (χ4n) is 3.67. The van der Waals surface area contributed by atoms with Gasteiger partial charge in [0.05, 0.1) is 6.61 Å². The lowest BCUT2D eigenvalue weighted by molar-refractivity contribution is 0.226. The largest absolute Gasteiger partial charge is 0.490 e. The van der Waals surface area contributed by atoms with Crippen molar-refractivity contribution in [3.63, 3.8) is 0 Å². The van der Waals surface area contributed by atoms with Crippen LogP contribution < -0.4 is 4.74 Å². The third-order valence-corrected chi connectivity index (χ3v) is 5.14. The normalized spacial score (nSPS) is 21.0. The first-order chi connectivity index (χ1) is 11.7. The van der Waals surface area contributed by atoms with Gasteiger partial charge in [0.25, 0.3) is 0 Å². The summed E-state index contributed by atoms with van der Waals surface area (Å²) in [4.78, 5) is 0. The number of hydrogen-bond acceptors (Lipinski definition) is 2. The first-order valence-corrected chi connectivity index (χ1v) is 9.38. The van der Waals surface area contributed by atoms with E-state index in [9.17, 15) is 8.78 Å². The predicted molar refractivity (Wildman–Crippen MR) is 92.4 cm³/mol. The number of aliphatic hydroxyl groups is 1. The number of halogens is 2. The van der Waals surface area contributed by atoms with Gasteiger partial charge < -0.3 is 9.84 Å². The Morgan fingerprint density at radius 2 is 1.79 bits per heavy atom. The number of rotatable bonds is 9. The predicted octanol–water partition coefficient (Wildman–Crippen LogP) is 5.58. The van der Waals surface area contributed by atoms with Crippen LogP contribution in [0.15, 0.2) is 12.1 Å². The van der Waals surface area contributed by atoms with Crippen molar-refractivity contribution in [2.75, 3.05) is 13.2 Å². The second-order valence-corrected chi connectivity index (χ2v) is 6.92. The lowest BCUT2D eigenvalue weighted by Gasteiger charge is -2.29. The van der Waals surface area contributed by atoms with Crippen LogP contribution in [0.2, 0.25) is 0 Å². The highest BCUT2D eigenvalue weighted by molar-refractivity contribution is 5.33. The summed E-state index contributed by atoms with van der Waals surface area (Å²) in [6.07, 6.45) is 9.61. The van der Waals surface area contributed by atoms with Gasteiger partial charge in [-0.05, 0) is 49.1 Å². The number of benzene rings is 1. The molecule has 1 aromatic rings. The summed E-state index contributed by atoms with van der Waals surface area (Å²) >= 11 is 0. The van der Waals surface area contributed by atoms with Crippen LogP contribution in [-0.4, -0.2) is 18.3 Å². The molecule has 136 valence electrons. The van der Waals surface area contributed by atoms with E-state index in [1.54, 1.807) is 6.07 Å². The molecular weight excluding hydrogens is 310 g/mol. The fourth-order valence-corrected chi connectivity index (χ4v) is 3.67. The third-order valence-electron chi connectivity index (χ3n) is 5.14. The highest BCUT2D eigenvalue weighted by Crippen LogP contribution is 2.40. The van der Waals surface area contributed by atoms with Gasteiger partial charge in [-0.3, -0.25) is 0 Å². The maximum atomic E-state index is 14.4. The molecule has 0 radical (unpaired) electrons. The number of hydrogen-bond donors (Lipinski definition) is 1. The summed E-state index contributed by atoms with van der Waals surface area (Å²) < 4.78 is 33.8. The quantitative estimate of drug-likeness (QED) is 0.595. The molecule has 0 atom stereocenters. The first-order valence-electron chi connectivity index (χ1n) is 9.38. The average molecular weight is 340 g/mol. The van der Waals surface area contributed by atoms with Crippen LogP contribution in [0.5, 0.6) is 5.75 Å². The van der Waals surface area contributed by atoms with Crippen LogP contribution in [0, 0.1) is 17.6 Å². The van der Waals surface area contributed by atoms with E-state index in [2.05, 4.69) is 6.92 Å². The van der Waals surface area contributed by atoms with Crippen molar-refractivity contribution in [1.82, 2.24) is 0 Å². The van der Waals surface area contributed by atoms with Gasteiger partial charge >= 0.3 is 0 Å². The topological polar surface area (TPSA) is 29.5 Å². The van der Waals surface area contributed by atoms with Crippen LogP contribution in [0.1, 0.15) is 76.2 Å². The number of unbranched alkanes of at least 4 members (excludes halogenated alkanes) is 2. The Bertz CT molecular complexity index is 497. The van der Waals surface area contributed by atoms with Gasteiger partial charge in [0.2, 0.25) is 5.82 Å². The molecule has 0 bridgehead atoms. The van der Waals surface area contributed by atoms with Gasteiger partial charge in [-0.1, -0.05) is 38.7 Å². The zero-order valence-corrected chi connectivity index (χ0v) is 14.7. The summed E-state index contributed by atoms with van der Waals surface area (Å²) in [5, 5.41) is 8.72. The lowest BCUT2D eigenvalue weighted by Crippen LogP contribution is -2.15. The maximum Gasteiger partial charge on any atom is 0.200 e. The molecule has 1 aliphatic carbocycles. The van der Waals surface area contributed by atoms with E-state index in [0.717, 1.165) is 31.6 Å². The first kappa shape index (κ1) is 19.2. The average Bonchev–Trinajstić information content (AvgIpc) is 2.60. The summed E-state index contributed by atoms with van der Waals surface area (Å²) in [6, 6.07) is 3.20. The van der Waals surface area contributed by atoms with Gasteiger partial charge in [0, 0.05) is 13.0 Å². The van der Waals surface area contributed by atoms with Crippen LogP contribution in [0.4, 0.5) is 8.78 Å². The van der Waals surface area contributed by atoms with Crippen LogP contribution in [-0.2, 0) is 0 Å². The minimum absolute atomic E-state index is 0.0241. The smallest absolute Gasteiger partial charge is 0.200 e. The lowest BCUT2D eigenvalue weighted by atomic mass is 9.77. The molecule has 0 heterocycles. The van der Waals surface area contributed by atoms with Gasteiger partial charge in [0.15, 0.2) is 11.6 Å². The van der Waals surface area contributed by atoms with Crippen molar-refractivity contribution >= 4 is 0 Å². The molecule has 0 saturated heterocycles. The number of ether oxygens (including phenoxy) is 1. The van der Waals surface area contributed by atoms with E-state index in [1.807, 2.05) is 0 Å². The minimum Gasteiger partial charge on any atom is -0.490 e. The summed E-state index contributed by atoms with van der Waals surface area (Å²) in [6.45, 7) is 2.38. The summed E-state index contributed by atoms with van der Waals surface area (Å²) in [5.41, 5.74) is 0.494. The van der Waals surface area contributed by atoms with E-state index >= 15 is 0 Å². The van der Waals surface area contributed by atoms with Gasteiger partial charge in [-0.2, -0.15) is 4.39 Å². The summed E-state index contributed by atoms with van der Waals surface area (Å²) in [7, 11) is 0. The molecule has 0 amide bonds. The molecule has 0 spiro atoms. The molecule has 24 heavy (non-hydrogen) atoms. The molecule has 0 unspecified atom stereocenters. The van der Waals surface area contributed by atoms with Gasteiger partial charge in [0.1, 0.15) is 0 Å². The molecule has 1 N–H and O–H groups in total. The number of aliphatic hydroxyl groups excluding tert-OH is 1. The molecule has 0 aromatic heterocycles. The zero-order chi connectivity index (χ0) is 17.4. The molecule has 4 heteroatoms. The van der Waals surface area contributed by atoms with E-state index in [0.29, 0.717) is 12.0 Å². The third kappa shape index (κ3) is 5.17. The van der Waals surface area contributed by atoms with Crippen molar-refractivity contribution in [2.45, 2.75) is 70.6 Å². The van der Waals surface area contributed by atoms with Crippen LogP contribution in [0.25, 0.3) is 0 Å². The second kappa shape index (κ2) is 9.97. The van der Waals surface area contributed by atoms with Crippen LogP contribution >= 0.6 is 0 Å². The highest BCUT2D eigenvalue weighted by Gasteiger charge is 2.26. The Morgan fingerprint density at radius 3 is 2.46 bits per heavy atom. The highest BCUT2D eigenvalue weighted by atomic mass is 19.2. The molecule has 1 aliphatic rings. The van der Waals surface area contributed by atoms with Crippen molar-refractivity contribution in [3.05, 3.63) is 29.3 Å². The molecular formula is C20H30F2O2. The SMILES string of the molecule is CCCCCC1CCC(c2ccc(OCCCO)c(F)c2F)CC1. The van der Waals surface area contributed by atoms with Crippen molar-refractivity contribution in [1.29, 1.82) is 0 Å². The van der Waals surface area contributed by atoms with Crippen molar-refractivity contribution < 1.29 is 18.6 Å². The fraction of sp³-hybridized carbons (Fsp3) is 0.700. The van der Waals surface area contributed by atoms with E-state index in [1.165, 1.54) is 31.7 Å². The van der Waals surface area contributed by atoms with Gasteiger partial charge in [-0.25, -0.2) is 4.39 Å². The van der Waals surface area contributed by atoms with E-state index in [-0.39, 0.29) is 24.9 Å². The standard InChI is InChI=1S/C20H30F2O2/c1-2-3-4-6-15-7-9-16(10-8-15)17-11-12-18(20(22)19(17)21)24-14-5-13-23/h11-12,15-16,23H,2-10,13-14H2,1H3. The zero-order valence-electron chi connectivity index (χ0n) is 14.7. The van der Waals surface area contributed by atoms with Crippen molar-refractivity contribution in [2.24, 2.45) is 5.92 Å². The Hall–Kier alpha value is -1.16. The van der Waals surface area contributed by atoms with E-state index < -0.39 is 11.6 Å².